The summed E-state index contributed by atoms with van der Waals surface area (Å²) in [6, 6.07) is 0. The standard InChI is InChI=1S/C20H28N2O10/c1-19(2)28-15-10(27-18-17(16(15)29-19)30-20(3,4)31-18)9-21-11(23)5-8-14(26)32-22-12(24)6-7-13(22)25/h10,15-18H,5-9H2,1-4H3,(H,21,23)/t10-,15+,16+,17-,18-/m1/s1. The number of imide groups is 1. The van der Waals surface area contributed by atoms with Crippen molar-refractivity contribution in [1.82, 2.24) is 10.4 Å². The van der Waals surface area contributed by atoms with Crippen molar-refractivity contribution in [2.75, 3.05) is 6.54 Å². The molecule has 0 aromatic rings. The number of nitrogens with one attached hydrogen (secondary N) is 1. The summed E-state index contributed by atoms with van der Waals surface area (Å²) in [6.07, 6.45) is -3.07. The molecule has 12 heteroatoms. The van der Waals surface area contributed by atoms with Crippen molar-refractivity contribution in [3.8, 4) is 0 Å². The maximum absolute atomic E-state index is 12.3. The zero-order chi connectivity index (χ0) is 23.3. The third-order valence-electron chi connectivity index (χ3n) is 5.51. The van der Waals surface area contributed by atoms with Gasteiger partial charge in [-0.05, 0) is 27.7 Å². The van der Waals surface area contributed by atoms with Crippen LogP contribution in [0.25, 0.3) is 0 Å². The van der Waals surface area contributed by atoms with Crippen LogP contribution in [0.5, 0.6) is 0 Å². The van der Waals surface area contributed by atoms with Gasteiger partial charge in [-0.3, -0.25) is 14.4 Å². The van der Waals surface area contributed by atoms with Crippen LogP contribution in [-0.2, 0) is 47.7 Å². The van der Waals surface area contributed by atoms with E-state index in [0.717, 1.165) is 0 Å². The van der Waals surface area contributed by atoms with Gasteiger partial charge in [0.1, 0.15) is 24.4 Å². The lowest BCUT2D eigenvalue weighted by Gasteiger charge is -2.37. The highest BCUT2D eigenvalue weighted by molar-refractivity contribution is 6.01. The lowest BCUT2D eigenvalue weighted by Crippen LogP contribution is -2.57. The average molecular weight is 456 g/mol. The highest BCUT2D eigenvalue weighted by Crippen LogP contribution is 2.43. The third-order valence-corrected chi connectivity index (χ3v) is 5.51. The molecule has 4 fully saturated rings. The van der Waals surface area contributed by atoms with Gasteiger partial charge in [-0.25, -0.2) is 4.79 Å². The normalized spacial score (nSPS) is 34.9. The van der Waals surface area contributed by atoms with Crippen molar-refractivity contribution in [3.05, 3.63) is 0 Å². The van der Waals surface area contributed by atoms with Crippen LogP contribution in [0.2, 0.25) is 0 Å². The highest BCUT2D eigenvalue weighted by Gasteiger charge is 2.60. The topological polar surface area (TPSA) is 139 Å². The third kappa shape index (κ3) is 4.79. The molecule has 1 N–H and O–H groups in total. The number of carbonyl (C=O) groups is 4. The zero-order valence-electron chi connectivity index (χ0n) is 18.5. The van der Waals surface area contributed by atoms with E-state index >= 15 is 0 Å². The Bertz CT molecular complexity index is 796. The van der Waals surface area contributed by atoms with Crippen LogP contribution in [0.1, 0.15) is 53.4 Å². The van der Waals surface area contributed by atoms with Crippen molar-refractivity contribution < 1.29 is 47.7 Å². The molecule has 4 aliphatic heterocycles. The van der Waals surface area contributed by atoms with Gasteiger partial charge in [-0.1, -0.05) is 0 Å². The summed E-state index contributed by atoms with van der Waals surface area (Å²) in [7, 11) is 0. The molecule has 0 aromatic carbocycles. The second-order valence-corrected chi connectivity index (χ2v) is 9.06. The van der Waals surface area contributed by atoms with Gasteiger partial charge in [-0.15, -0.1) is 5.06 Å². The maximum Gasteiger partial charge on any atom is 0.333 e. The molecule has 0 spiro atoms. The number of carbonyl (C=O) groups excluding carboxylic acids is 4. The first-order chi connectivity index (χ1) is 14.9. The lowest BCUT2D eigenvalue weighted by molar-refractivity contribution is -0.232. The van der Waals surface area contributed by atoms with Crippen molar-refractivity contribution in [2.45, 2.75) is 95.7 Å². The number of amides is 3. The molecule has 0 aromatic heterocycles. The summed E-state index contributed by atoms with van der Waals surface area (Å²) in [5.41, 5.74) is 0. The molecule has 4 heterocycles. The number of fused-ring (bicyclic) bond motifs is 3. The molecule has 0 unspecified atom stereocenters. The predicted octanol–water partition coefficient (Wildman–Crippen LogP) is -0.113. The molecule has 32 heavy (non-hydrogen) atoms. The highest BCUT2D eigenvalue weighted by atomic mass is 16.9. The first-order valence-electron chi connectivity index (χ1n) is 10.6. The molecule has 178 valence electrons. The Labute approximate surface area is 184 Å². The second kappa shape index (κ2) is 8.34. The molecule has 0 bridgehead atoms. The smallest absolute Gasteiger partial charge is 0.333 e. The minimum Gasteiger partial charge on any atom is -0.353 e. The Hall–Kier alpha value is -2.12. The van der Waals surface area contributed by atoms with Crippen LogP contribution >= 0.6 is 0 Å². The minimum atomic E-state index is -0.847. The largest absolute Gasteiger partial charge is 0.353 e. The SMILES string of the molecule is CC1(C)O[C@H]2[C@@H](O1)[C@@H](CNC(=O)CCC(=O)ON1C(=O)CCC1=O)O[C@@H]1OC(C)(C)O[C@@H]12. The van der Waals surface area contributed by atoms with Crippen LogP contribution in [0.3, 0.4) is 0 Å². The first kappa shape index (κ1) is 23.1. The summed E-state index contributed by atoms with van der Waals surface area (Å²) in [6.45, 7) is 7.24. The summed E-state index contributed by atoms with van der Waals surface area (Å²) < 4.78 is 29.7. The predicted molar refractivity (Wildman–Crippen MR) is 102 cm³/mol. The number of hydrogen-bond donors (Lipinski definition) is 1. The summed E-state index contributed by atoms with van der Waals surface area (Å²) in [4.78, 5) is 51.8. The van der Waals surface area contributed by atoms with Gasteiger partial charge in [0.05, 0.1) is 6.42 Å². The van der Waals surface area contributed by atoms with E-state index in [1.165, 1.54) is 0 Å². The number of ether oxygens (including phenoxy) is 5. The Kier molecular flexibility index (Phi) is 6.01. The second-order valence-electron chi connectivity index (χ2n) is 9.06. The Morgan fingerprint density at radius 2 is 1.53 bits per heavy atom. The van der Waals surface area contributed by atoms with Crippen LogP contribution in [0.15, 0.2) is 0 Å². The summed E-state index contributed by atoms with van der Waals surface area (Å²) in [5, 5.41) is 3.16. The number of hydrogen-bond acceptors (Lipinski definition) is 10. The minimum absolute atomic E-state index is 0.00648. The van der Waals surface area contributed by atoms with E-state index in [9.17, 15) is 19.2 Å². The molecular weight excluding hydrogens is 428 g/mol. The van der Waals surface area contributed by atoms with Crippen LogP contribution in [0, 0.1) is 0 Å². The fourth-order valence-corrected chi connectivity index (χ4v) is 4.18. The number of rotatable bonds is 6. The van der Waals surface area contributed by atoms with Crippen molar-refractivity contribution in [1.29, 1.82) is 0 Å². The van der Waals surface area contributed by atoms with Gasteiger partial charge in [0.15, 0.2) is 17.9 Å². The molecule has 3 amide bonds. The fourth-order valence-electron chi connectivity index (χ4n) is 4.18. The van der Waals surface area contributed by atoms with Crippen molar-refractivity contribution in [2.24, 2.45) is 0 Å². The fraction of sp³-hybridized carbons (Fsp3) is 0.800. The lowest BCUT2D eigenvalue weighted by atomic mass is 9.99. The molecule has 4 saturated heterocycles. The van der Waals surface area contributed by atoms with Crippen molar-refractivity contribution >= 4 is 23.7 Å². The summed E-state index contributed by atoms with van der Waals surface area (Å²) >= 11 is 0. The molecule has 4 aliphatic rings. The van der Waals surface area contributed by atoms with Crippen LogP contribution in [0.4, 0.5) is 0 Å². The molecule has 0 radical (unpaired) electrons. The van der Waals surface area contributed by atoms with E-state index in [2.05, 4.69) is 5.32 Å². The van der Waals surface area contributed by atoms with Gasteiger partial charge in [-0.2, -0.15) is 0 Å². The van der Waals surface area contributed by atoms with Crippen LogP contribution in [-0.4, -0.2) is 77.6 Å². The van der Waals surface area contributed by atoms with Crippen LogP contribution < -0.4 is 5.32 Å². The monoisotopic (exact) mass is 456 g/mol. The Morgan fingerprint density at radius 3 is 2.22 bits per heavy atom. The molecule has 0 aliphatic carbocycles. The molecule has 4 rings (SSSR count). The molecule has 12 nitrogen and oxygen atoms in total. The number of hydroxylamine groups is 2. The van der Waals surface area contributed by atoms with Crippen molar-refractivity contribution in [3.63, 3.8) is 0 Å². The molecule has 5 atom stereocenters. The summed E-state index contributed by atoms with van der Waals surface area (Å²) in [5.74, 6) is -4.10. The quantitative estimate of drug-likeness (QED) is 0.539. The Balaban J connectivity index is 1.28. The maximum atomic E-state index is 12.3. The average Bonchev–Trinajstić information content (AvgIpc) is 3.30. The van der Waals surface area contributed by atoms with E-state index in [1.807, 2.05) is 0 Å². The van der Waals surface area contributed by atoms with E-state index in [4.69, 9.17) is 28.5 Å². The number of nitrogens with zero attached hydrogens (tertiary/aromatic N) is 1. The zero-order valence-corrected chi connectivity index (χ0v) is 18.5. The van der Waals surface area contributed by atoms with E-state index in [0.29, 0.717) is 5.06 Å². The van der Waals surface area contributed by atoms with Gasteiger partial charge >= 0.3 is 5.97 Å². The van der Waals surface area contributed by atoms with Gasteiger partial charge in [0, 0.05) is 25.8 Å². The molecular formula is C20H28N2O10. The van der Waals surface area contributed by atoms with E-state index in [-0.39, 0.29) is 32.2 Å². The first-order valence-corrected chi connectivity index (χ1v) is 10.6. The Morgan fingerprint density at radius 1 is 0.938 bits per heavy atom. The van der Waals surface area contributed by atoms with Gasteiger partial charge in [0.2, 0.25) is 5.91 Å². The van der Waals surface area contributed by atoms with Gasteiger partial charge in [0.25, 0.3) is 11.8 Å². The van der Waals surface area contributed by atoms with E-state index < -0.39 is 66.0 Å². The van der Waals surface area contributed by atoms with Gasteiger partial charge < -0.3 is 33.8 Å². The van der Waals surface area contributed by atoms with E-state index in [1.54, 1.807) is 27.7 Å². The molecule has 0 saturated carbocycles.